The van der Waals surface area contributed by atoms with Crippen molar-refractivity contribution in [3.8, 4) is 0 Å². The van der Waals surface area contributed by atoms with Gasteiger partial charge in [-0.25, -0.2) is 4.98 Å². The topological polar surface area (TPSA) is 39.2 Å². The second kappa shape index (κ2) is 4.84. The lowest BCUT2D eigenvalue weighted by atomic mass is 9.88. The van der Waals surface area contributed by atoms with Gasteiger partial charge < -0.3 is 4.74 Å². The minimum atomic E-state index is -0.202. The summed E-state index contributed by atoms with van der Waals surface area (Å²) in [7, 11) is 1.43. The predicted molar refractivity (Wildman–Crippen MR) is 69.2 cm³/mol. The van der Waals surface area contributed by atoms with E-state index in [0.29, 0.717) is 0 Å². The maximum atomic E-state index is 11.8. The highest BCUT2D eigenvalue weighted by atomic mass is 32.1. The van der Waals surface area contributed by atoms with E-state index in [0.717, 1.165) is 15.8 Å². The molecule has 90 valence electrons. The number of hydrogen-bond acceptors (Lipinski definition) is 4. The molecule has 0 amide bonds. The van der Waals surface area contributed by atoms with Crippen LogP contribution in [0.1, 0.15) is 25.3 Å². The van der Waals surface area contributed by atoms with Crippen LogP contribution in [0.15, 0.2) is 23.7 Å². The standard InChI is InChI=1S/C13H15NO2S/c1-8(2)12(13(15)16-3)9-4-5-10-11(6-9)17-7-14-10/h4-8,12H,1-3H3. The molecule has 2 aromatic rings. The molecule has 0 saturated heterocycles. The molecule has 2 rings (SSSR count). The van der Waals surface area contributed by atoms with E-state index in [-0.39, 0.29) is 17.8 Å². The van der Waals surface area contributed by atoms with E-state index in [1.807, 2.05) is 37.6 Å². The predicted octanol–water partition coefficient (Wildman–Crippen LogP) is 3.21. The molecule has 0 saturated carbocycles. The monoisotopic (exact) mass is 249 g/mol. The van der Waals surface area contributed by atoms with E-state index in [1.54, 1.807) is 11.3 Å². The zero-order chi connectivity index (χ0) is 12.4. The van der Waals surface area contributed by atoms with Crippen molar-refractivity contribution in [2.24, 2.45) is 5.92 Å². The van der Waals surface area contributed by atoms with Gasteiger partial charge in [-0.3, -0.25) is 4.79 Å². The fourth-order valence-electron chi connectivity index (χ4n) is 1.99. The highest BCUT2D eigenvalue weighted by molar-refractivity contribution is 7.16. The van der Waals surface area contributed by atoms with Crippen molar-refractivity contribution in [3.05, 3.63) is 29.3 Å². The maximum absolute atomic E-state index is 11.8. The van der Waals surface area contributed by atoms with Crippen LogP contribution in [-0.2, 0) is 9.53 Å². The van der Waals surface area contributed by atoms with Crippen molar-refractivity contribution in [3.63, 3.8) is 0 Å². The van der Waals surface area contributed by atoms with Gasteiger partial charge in [-0.1, -0.05) is 19.9 Å². The van der Waals surface area contributed by atoms with Crippen LogP contribution in [0, 0.1) is 5.92 Å². The summed E-state index contributed by atoms with van der Waals surface area (Å²) in [6, 6.07) is 5.96. The summed E-state index contributed by atoms with van der Waals surface area (Å²) in [5.41, 5.74) is 3.80. The molecular weight excluding hydrogens is 234 g/mol. The Morgan fingerprint density at radius 1 is 1.41 bits per heavy atom. The lowest BCUT2D eigenvalue weighted by Gasteiger charge is -2.18. The number of hydrogen-bond donors (Lipinski definition) is 0. The molecule has 1 heterocycles. The van der Waals surface area contributed by atoms with Gasteiger partial charge in [-0.15, -0.1) is 11.3 Å². The van der Waals surface area contributed by atoms with Gasteiger partial charge >= 0.3 is 5.97 Å². The fraction of sp³-hybridized carbons (Fsp3) is 0.385. The number of benzene rings is 1. The first-order valence-corrected chi connectivity index (χ1v) is 6.42. The van der Waals surface area contributed by atoms with Crippen LogP contribution in [0.5, 0.6) is 0 Å². The van der Waals surface area contributed by atoms with Crippen molar-refractivity contribution in [2.75, 3.05) is 7.11 Å². The molecule has 0 aliphatic carbocycles. The third-order valence-corrected chi connectivity index (χ3v) is 3.63. The van der Waals surface area contributed by atoms with Crippen molar-refractivity contribution < 1.29 is 9.53 Å². The molecule has 0 spiro atoms. The van der Waals surface area contributed by atoms with Crippen LogP contribution in [0.4, 0.5) is 0 Å². The first kappa shape index (κ1) is 12.0. The number of nitrogens with zero attached hydrogens (tertiary/aromatic N) is 1. The minimum Gasteiger partial charge on any atom is -0.469 e. The minimum absolute atomic E-state index is 0.177. The second-order valence-corrected chi connectivity index (χ2v) is 5.21. The molecule has 4 heteroatoms. The van der Waals surface area contributed by atoms with Crippen LogP contribution in [0.2, 0.25) is 0 Å². The Morgan fingerprint density at radius 3 is 2.82 bits per heavy atom. The molecule has 0 aliphatic rings. The molecule has 1 aromatic heterocycles. The molecule has 0 fully saturated rings. The Morgan fingerprint density at radius 2 is 2.18 bits per heavy atom. The number of ether oxygens (including phenoxy) is 1. The largest absolute Gasteiger partial charge is 0.469 e. The van der Waals surface area contributed by atoms with E-state index >= 15 is 0 Å². The van der Waals surface area contributed by atoms with Crippen LogP contribution in [0.3, 0.4) is 0 Å². The normalized spacial score (nSPS) is 12.9. The van der Waals surface area contributed by atoms with E-state index in [1.165, 1.54) is 7.11 Å². The van der Waals surface area contributed by atoms with Crippen LogP contribution in [0.25, 0.3) is 10.2 Å². The van der Waals surface area contributed by atoms with Crippen LogP contribution < -0.4 is 0 Å². The first-order valence-electron chi connectivity index (χ1n) is 5.54. The first-order chi connectivity index (χ1) is 8.13. The van der Waals surface area contributed by atoms with Gasteiger partial charge in [-0.2, -0.15) is 0 Å². The number of rotatable bonds is 3. The van der Waals surface area contributed by atoms with Gasteiger partial charge in [0.25, 0.3) is 0 Å². The summed E-state index contributed by atoms with van der Waals surface area (Å²) < 4.78 is 5.98. The Bertz CT molecular complexity index is 533. The lowest BCUT2D eigenvalue weighted by molar-refractivity contribution is -0.143. The summed E-state index contributed by atoms with van der Waals surface area (Å²) in [5.74, 6) is -0.164. The molecule has 1 unspecified atom stereocenters. The Hall–Kier alpha value is -1.42. The SMILES string of the molecule is COC(=O)C(c1ccc2ncsc2c1)C(C)C. The molecule has 3 nitrogen and oxygen atoms in total. The van der Waals surface area contributed by atoms with E-state index in [4.69, 9.17) is 4.74 Å². The second-order valence-electron chi connectivity index (χ2n) is 4.32. The number of carbonyl (C=O) groups is 1. The Balaban J connectivity index is 2.44. The zero-order valence-electron chi connectivity index (χ0n) is 10.1. The van der Waals surface area contributed by atoms with Crippen molar-refractivity contribution >= 4 is 27.5 Å². The van der Waals surface area contributed by atoms with E-state index in [9.17, 15) is 4.79 Å². The number of aromatic nitrogens is 1. The number of fused-ring (bicyclic) bond motifs is 1. The molecule has 0 N–H and O–H groups in total. The quantitative estimate of drug-likeness (QED) is 0.784. The molecule has 0 bridgehead atoms. The van der Waals surface area contributed by atoms with Gasteiger partial charge in [0.15, 0.2) is 0 Å². The average Bonchev–Trinajstić information content (AvgIpc) is 2.75. The lowest BCUT2D eigenvalue weighted by Crippen LogP contribution is -2.19. The van der Waals surface area contributed by atoms with E-state index in [2.05, 4.69) is 4.98 Å². The van der Waals surface area contributed by atoms with Crippen molar-refractivity contribution in [1.82, 2.24) is 4.98 Å². The van der Waals surface area contributed by atoms with Gasteiger partial charge in [0, 0.05) is 0 Å². The van der Waals surface area contributed by atoms with Crippen molar-refractivity contribution in [1.29, 1.82) is 0 Å². The third-order valence-electron chi connectivity index (χ3n) is 2.84. The highest BCUT2D eigenvalue weighted by Gasteiger charge is 2.25. The number of carbonyl (C=O) groups excluding carboxylic acids is 1. The molecule has 0 radical (unpaired) electrons. The van der Waals surface area contributed by atoms with E-state index < -0.39 is 0 Å². The molecular formula is C13H15NO2S. The fourth-order valence-corrected chi connectivity index (χ4v) is 2.71. The molecule has 1 atom stereocenters. The van der Waals surface area contributed by atoms with Gasteiger partial charge in [0.1, 0.15) is 0 Å². The highest BCUT2D eigenvalue weighted by Crippen LogP contribution is 2.29. The number of methoxy groups -OCH3 is 1. The van der Waals surface area contributed by atoms with Crippen molar-refractivity contribution in [2.45, 2.75) is 19.8 Å². The Labute approximate surface area is 104 Å². The summed E-state index contributed by atoms with van der Waals surface area (Å²) in [6.45, 7) is 4.05. The molecule has 1 aromatic carbocycles. The summed E-state index contributed by atoms with van der Waals surface area (Å²) in [5, 5.41) is 0. The smallest absolute Gasteiger partial charge is 0.313 e. The molecule has 0 aliphatic heterocycles. The zero-order valence-corrected chi connectivity index (χ0v) is 11.0. The summed E-state index contributed by atoms with van der Waals surface area (Å²) in [4.78, 5) is 16.0. The summed E-state index contributed by atoms with van der Waals surface area (Å²) in [6.07, 6.45) is 0. The Kier molecular flexibility index (Phi) is 3.43. The van der Waals surface area contributed by atoms with Gasteiger partial charge in [0.05, 0.1) is 28.8 Å². The number of esters is 1. The average molecular weight is 249 g/mol. The molecule has 17 heavy (non-hydrogen) atoms. The summed E-state index contributed by atoms with van der Waals surface area (Å²) >= 11 is 1.59. The third kappa shape index (κ3) is 2.31. The van der Waals surface area contributed by atoms with Crippen LogP contribution >= 0.6 is 11.3 Å². The van der Waals surface area contributed by atoms with Crippen LogP contribution in [-0.4, -0.2) is 18.1 Å². The van der Waals surface area contributed by atoms with Gasteiger partial charge in [-0.05, 0) is 23.6 Å². The van der Waals surface area contributed by atoms with Gasteiger partial charge in [0.2, 0.25) is 0 Å². The maximum Gasteiger partial charge on any atom is 0.313 e. The number of thiazole rings is 1.